The Morgan fingerprint density at radius 1 is 1.12 bits per heavy atom. The van der Waals surface area contributed by atoms with Crippen LogP contribution in [0.15, 0.2) is 47.5 Å². The summed E-state index contributed by atoms with van der Waals surface area (Å²) in [5, 5.41) is 2.19. The molecular weight excluding hydrogens is 202 g/mol. The Kier molecular flexibility index (Phi) is 2.90. The van der Waals surface area contributed by atoms with Gasteiger partial charge >= 0.3 is 0 Å². The van der Waals surface area contributed by atoms with Crippen molar-refractivity contribution in [1.29, 1.82) is 0 Å². The van der Waals surface area contributed by atoms with Gasteiger partial charge in [0.15, 0.2) is 0 Å². The molecule has 0 saturated heterocycles. The molecule has 0 aliphatic heterocycles. The molecule has 2 rings (SSSR count). The number of nitrogens with zero attached hydrogens (tertiary/aromatic N) is 1. The highest BCUT2D eigenvalue weighted by atomic mass is 16.2. The molecule has 0 aromatic heterocycles. The van der Waals surface area contributed by atoms with Gasteiger partial charge in [-0.2, -0.15) is 0 Å². The Hall–Kier alpha value is -2.25. The van der Waals surface area contributed by atoms with Crippen LogP contribution in [0.1, 0.15) is 5.56 Å². The number of amides is 1. The third kappa shape index (κ3) is 2.22. The van der Waals surface area contributed by atoms with Crippen LogP contribution in [0.5, 0.6) is 0 Å². The van der Waals surface area contributed by atoms with Gasteiger partial charge in [0.2, 0.25) is 6.08 Å². The van der Waals surface area contributed by atoms with Gasteiger partial charge in [0.1, 0.15) is 0 Å². The number of hydrogen-bond donors (Lipinski definition) is 0. The highest BCUT2D eigenvalue weighted by Gasteiger charge is 2.02. The Bertz CT molecular complexity index is 583. The first-order valence-electron chi connectivity index (χ1n) is 4.88. The fourth-order valence-corrected chi connectivity index (χ4v) is 1.61. The van der Waals surface area contributed by atoms with Crippen LogP contribution in [0.3, 0.4) is 0 Å². The lowest BCUT2D eigenvalue weighted by Crippen LogP contribution is -1.98. The summed E-state index contributed by atoms with van der Waals surface area (Å²) in [5.41, 5.74) is 0.850. The van der Waals surface area contributed by atoms with E-state index in [0.29, 0.717) is 0 Å². The highest BCUT2D eigenvalue weighted by Crippen LogP contribution is 2.16. The zero-order valence-electron chi connectivity index (χ0n) is 8.51. The van der Waals surface area contributed by atoms with E-state index in [-0.39, 0.29) is 6.42 Å². The quantitative estimate of drug-likeness (QED) is 0.565. The number of rotatable bonds is 2. The molecule has 0 radical (unpaired) electrons. The monoisotopic (exact) mass is 211 g/mol. The van der Waals surface area contributed by atoms with Crippen molar-refractivity contribution in [3.05, 3.63) is 48.0 Å². The van der Waals surface area contributed by atoms with Gasteiger partial charge in [-0.1, -0.05) is 42.5 Å². The van der Waals surface area contributed by atoms with Gasteiger partial charge in [-0.3, -0.25) is 4.79 Å². The zero-order valence-corrected chi connectivity index (χ0v) is 8.51. The SMILES string of the molecule is O=C=NC(=O)Cc1ccc2ccccc2c1. The molecule has 0 aliphatic carbocycles. The second-order valence-corrected chi connectivity index (χ2v) is 3.46. The molecule has 0 fully saturated rings. The normalized spacial score (nSPS) is 9.75. The topological polar surface area (TPSA) is 46.5 Å². The maximum Gasteiger partial charge on any atom is 0.260 e. The number of carbonyl (C=O) groups is 1. The molecule has 0 unspecified atom stereocenters. The number of carbonyl (C=O) groups excluding carboxylic acids is 2. The Labute approximate surface area is 92.4 Å². The van der Waals surface area contributed by atoms with Gasteiger partial charge in [-0.15, -0.1) is 4.99 Å². The van der Waals surface area contributed by atoms with Crippen molar-refractivity contribution >= 4 is 22.8 Å². The molecule has 0 N–H and O–H groups in total. The van der Waals surface area contributed by atoms with Gasteiger partial charge < -0.3 is 0 Å². The van der Waals surface area contributed by atoms with Crippen molar-refractivity contribution in [2.75, 3.05) is 0 Å². The van der Waals surface area contributed by atoms with Crippen molar-refractivity contribution in [3.8, 4) is 0 Å². The first-order chi connectivity index (χ1) is 7.79. The lowest BCUT2D eigenvalue weighted by molar-refractivity contribution is -0.117. The van der Waals surface area contributed by atoms with Crippen LogP contribution in [-0.4, -0.2) is 12.0 Å². The molecule has 0 heterocycles. The molecule has 2 aromatic rings. The maximum atomic E-state index is 11.1. The summed E-state index contributed by atoms with van der Waals surface area (Å²) in [6.07, 6.45) is 1.39. The molecule has 0 saturated carbocycles. The van der Waals surface area contributed by atoms with Crippen molar-refractivity contribution in [2.24, 2.45) is 4.99 Å². The van der Waals surface area contributed by atoms with Crippen LogP contribution >= 0.6 is 0 Å². The molecule has 1 amide bonds. The minimum absolute atomic E-state index is 0.139. The van der Waals surface area contributed by atoms with E-state index >= 15 is 0 Å². The molecule has 0 aliphatic rings. The standard InChI is InChI=1S/C13H9NO2/c15-9-14-13(16)8-10-5-6-11-3-1-2-4-12(11)7-10/h1-7H,8H2. The third-order valence-electron chi connectivity index (χ3n) is 2.34. The molecule has 16 heavy (non-hydrogen) atoms. The minimum atomic E-state index is -0.467. The largest absolute Gasteiger partial charge is 0.271 e. The first kappa shape index (κ1) is 10.3. The number of benzene rings is 2. The molecule has 0 bridgehead atoms. The van der Waals surface area contributed by atoms with Crippen molar-refractivity contribution in [2.45, 2.75) is 6.42 Å². The number of aliphatic imine (C=N–C) groups is 1. The smallest absolute Gasteiger partial charge is 0.260 e. The average molecular weight is 211 g/mol. The summed E-state index contributed by atoms with van der Waals surface area (Å²) in [7, 11) is 0. The van der Waals surface area contributed by atoms with E-state index in [4.69, 9.17) is 0 Å². The van der Waals surface area contributed by atoms with E-state index in [1.54, 1.807) is 0 Å². The molecule has 3 nitrogen and oxygen atoms in total. The van der Waals surface area contributed by atoms with Gasteiger partial charge in [-0.25, -0.2) is 4.79 Å². The fourth-order valence-electron chi connectivity index (χ4n) is 1.61. The van der Waals surface area contributed by atoms with E-state index in [9.17, 15) is 9.59 Å². The molecule has 2 aromatic carbocycles. The molecular formula is C13H9NO2. The second kappa shape index (κ2) is 4.51. The molecule has 78 valence electrons. The maximum absolute atomic E-state index is 11.1. The van der Waals surface area contributed by atoms with Crippen LogP contribution < -0.4 is 0 Å². The zero-order chi connectivity index (χ0) is 11.4. The third-order valence-corrected chi connectivity index (χ3v) is 2.34. The molecule has 0 spiro atoms. The summed E-state index contributed by atoms with van der Waals surface area (Å²) in [6.45, 7) is 0. The summed E-state index contributed by atoms with van der Waals surface area (Å²) in [5.74, 6) is -0.467. The highest BCUT2D eigenvalue weighted by molar-refractivity contribution is 5.87. The average Bonchev–Trinajstić information content (AvgIpc) is 2.29. The molecule has 3 heteroatoms. The van der Waals surface area contributed by atoms with Crippen LogP contribution in [0, 0.1) is 0 Å². The number of hydrogen-bond acceptors (Lipinski definition) is 2. The van der Waals surface area contributed by atoms with Gasteiger partial charge in [0.05, 0.1) is 6.42 Å². The van der Waals surface area contributed by atoms with Crippen molar-refractivity contribution in [3.63, 3.8) is 0 Å². The lowest BCUT2D eigenvalue weighted by Gasteiger charge is -2.00. The Balaban J connectivity index is 2.32. The summed E-state index contributed by atoms with van der Waals surface area (Å²) < 4.78 is 0. The summed E-state index contributed by atoms with van der Waals surface area (Å²) >= 11 is 0. The first-order valence-corrected chi connectivity index (χ1v) is 4.88. The Morgan fingerprint density at radius 2 is 1.88 bits per heavy atom. The van der Waals surface area contributed by atoms with Crippen molar-refractivity contribution < 1.29 is 9.59 Å². The van der Waals surface area contributed by atoms with E-state index in [0.717, 1.165) is 16.3 Å². The van der Waals surface area contributed by atoms with E-state index in [1.165, 1.54) is 6.08 Å². The van der Waals surface area contributed by atoms with Gasteiger partial charge in [0, 0.05) is 0 Å². The van der Waals surface area contributed by atoms with Crippen LogP contribution in [-0.2, 0) is 16.0 Å². The van der Waals surface area contributed by atoms with Crippen LogP contribution in [0.25, 0.3) is 10.8 Å². The second-order valence-electron chi connectivity index (χ2n) is 3.46. The number of fused-ring (bicyclic) bond motifs is 1. The van der Waals surface area contributed by atoms with E-state index in [1.807, 2.05) is 42.5 Å². The lowest BCUT2D eigenvalue weighted by atomic mass is 10.1. The number of isocyanates is 1. The Morgan fingerprint density at radius 3 is 2.62 bits per heavy atom. The van der Waals surface area contributed by atoms with Crippen molar-refractivity contribution in [1.82, 2.24) is 0 Å². The summed E-state index contributed by atoms with van der Waals surface area (Å²) in [6, 6.07) is 13.6. The van der Waals surface area contributed by atoms with E-state index in [2.05, 4.69) is 4.99 Å². The fraction of sp³-hybridized carbons (Fsp3) is 0.0769. The predicted octanol–water partition coefficient (Wildman–Crippen LogP) is 2.24. The predicted molar refractivity (Wildman–Crippen MR) is 60.8 cm³/mol. The van der Waals surface area contributed by atoms with Crippen LogP contribution in [0.4, 0.5) is 0 Å². The summed E-state index contributed by atoms with van der Waals surface area (Å²) in [4.78, 5) is 24.1. The van der Waals surface area contributed by atoms with Gasteiger partial charge in [-0.05, 0) is 16.3 Å². The van der Waals surface area contributed by atoms with Gasteiger partial charge in [0.25, 0.3) is 5.91 Å². The molecule has 0 atom stereocenters. The van der Waals surface area contributed by atoms with Crippen LogP contribution in [0.2, 0.25) is 0 Å². The minimum Gasteiger partial charge on any atom is -0.271 e. The van der Waals surface area contributed by atoms with E-state index < -0.39 is 5.91 Å².